The Labute approximate surface area is 179 Å². The zero-order chi connectivity index (χ0) is 23.8. The van der Waals surface area contributed by atoms with E-state index >= 15 is 0 Å². The number of aromatic nitrogens is 1. The fourth-order valence-electron chi connectivity index (χ4n) is 2.27. The number of fused-ring (bicyclic) bond motifs is 1. The van der Waals surface area contributed by atoms with Crippen LogP contribution in [0.5, 0.6) is 0 Å². The molecule has 1 heterocycles. The van der Waals surface area contributed by atoms with Crippen LogP contribution >= 0.6 is 11.8 Å². The first-order valence-electron chi connectivity index (χ1n) is 8.71. The monoisotopic (exact) mass is 465 g/mol. The molecule has 0 spiro atoms. The third-order valence-electron chi connectivity index (χ3n) is 3.62. The number of ether oxygens (including phenoxy) is 1. The number of aromatic carboxylic acids is 1. The van der Waals surface area contributed by atoms with E-state index < -0.39 is 23.5 Å². The first-order valence-corrected chi connectivity index (χ1v) is 9.69. The first-order chi connectivity index (χ1) is 14.4. The first kappa shape index (κ1) is 26.3. The average molecular weight is 465 g/mol. The van der Waals surface area contributed by atoms with Crippen molar-refractivity contribution in [2.75, 3.05) is 44.6 Å². The summed E-state index contributed by atoms with van der Waals surface area (Å²) in [6.45, 7) is 1.58. The van der Waals surface area contributed by atoms with Crippen LogP contribution in [0, 0.1) is 0 Å². The van der Waals surface area contributed by atoms with Crippen LogP contribution in [-0.2, 0) is 9.53 Å². The van der Waals surface area contributed by atoms with Crippen molar-refractivity contribution in [3.05, 3.63) is 40.2 Å². The molecule has 172 valence electrons. The van der Waals surface area contributed by atoms with Crippen molar-refractivity contribution in [3.8, 4) is 0 Å². The third-order valence-corrected chi connectivity index (χ3v) is 4.58. The number of nitrogens with zero attached hydrogens (tertiary/aromatic N) is 2. The summed E-state index contributed by atoms with van der Waals surface area (Å²) in [6.07, 6.45) is -3.74. The van der Waals surface area contributed by atoms with Crippen LogP contribution in [-0.4, -0.2) is 72.6 Å². The lowest BCUT2D eigenvalue weighted by Gasteiger charge is -2.20. The molecule has 9 nitrogen and oxygen atoms in total. The van der Waals surface area contributed by atoms with E-state index in [1.54, 1.807) is 41.6 Å². The van der Waals surface area contributed by atoms with Crippen LogP contribution in [0.1, 0.15) is 10.4 Å². The number of hydrogen-bond donors (Lipinski definition) is 3. The van der Waals surface area contributed by atoms with Gasteiger partial charge in [0.1, 0.15) is 5.56 Å². The van der Waals surface area contributed by atoms with Crippen molar-refractivity contribution >= 4 is 34.6 Å². The molecule has 13 heteroatoms. The smallest absolute Gasteiger partial charge is 0.477 e. The molecule has 0 saturated carbocycles. The summed E-state index contributed by atoms with van der Waals surface area (Å²) in [6, 6.07) is 5.47. The summed E-state index contributed by atoms with van der Waals surface area (Å²) < 4.78 is 38.7. The summed E-state index contributed by atoms with van der Waals surface area (Å²) in [5.74, 6) is -3.26. The number of carboxylic acids is 2. The second kappa shape index (κ2) is 11.6. The molecule has 0 aliphatic heterocycles. The van der Waals surface area contributed by atoms with Gasteiger partial charge in [0.2, 0.25) is 5.43 Å². The van der Waals surface area contributed by atoms with E-state index in [1.807, 2.05) is 12.1 Å². The Morgan fingerprint density at radius 2 is 1.84 bits per heavy atom. The standard InChI is InChI=1S/C16H21N3O4S.C2HF3O2/c1-18(2)19-10-13(16(21)22)15(20)12-9-11(3-4-14(12)19)24-8-7-23-6-5-17;3-2(4,5)1(6)7/h3-4,9-10H,5-8,17H2,1-2H3,(H,21,22);(H,6,7). The summed E-state index contributed by atoms with van der Waals surface area (Å²) >= 11 is 1.55. The Morgan fingerprint density at radius 3 is 2.32 bits per heavy atom. The number of carbonyl (C=O) groups is 2. The van der Waals surface area contributed by atoms with Gasteiger partial charge in [0.05, 0.1) is 18.7 Å². The molecule has 1 aromatic carbocycles. The average Bonchev–Trinajstić information content (AvgIpc) is 2.67. The minimum absolute atomic E-state index is 0.246. The molecule has 0 atom stereocenters. The van der Waals surface area contributed by atoms with Crippen LogP contribution in [0.4, 0.5) is 13.2 Å². The molecule has 1 aromatic heterocycles. The van der Waals surface area contributed by atoms with Gasteiger partial charge in [0, 0.05) is 42.9 Å². The van der Waals surface area contributed by atoms with Gasteiger partial charge in [-0.25, -0.2) is 9.59 Å². The van der Waals surface area contributed by atoms with Crippen LogP contribution in [0.15, 0.2) is 34.1 Å². The zero-order valence-corrected chi connectivity index (χ0v) is 17.5. The predicted octanol–water partition coefficient (Wildman–Crippen LogP) is 1.60. The number of pyridine rings is 1. The minimum atomic E-state index is -5.08. The molecule has 0 saturated heterocycles. The van der Waals surface area contributed by atoms with E-state index in [4.69, 9.17) is 20.4 Å². The van der Waals surface area contributed by atoms with Crippen molar-refractivity contribution in [2.24, 2.45) is 5.73 Å². The number of hydrogen-bond acceptors (Lipinski definition) is 7. The molecular weight excluding hydrogens is 443 g/mol. The SMILES string of the molecule is CN(C)n1cc(C(=O)O)c(=O)c2cc(SCCOCCN)ccc21.O=C(O)C(F)(F)F. The van der Waals surface area contributed by atoms with E-state index in [0.29, 0.717) is 30.7 Å². The maximum absolute atomic E-state index is 12.5. The highest BCUT2D eigenvalue weighted by molar-refractivity contribution is 7.99. The summed E-state index contributed by atoms with van der Waals surface area (Å²) in [4.78, 5) is 33.6. The lowest BCUT2D eigenvalue weighted by molar-refractivity contribution is -0.192. The molecule has 2 aromatic rings. The van der Waals surface area contributed by atoms with Gasteiger partial charge in [-0.1, -0.05) is 0 Å². The summed E-state index contributed by atoms with van der Waals surface area (Å²) in [5, 5.41) is 18.5. The fraction of sp³-hybridized carbons (Fsp3) is 0.389. The van der Waals surface area contributed by atoms with Crippen LogP contribution < -0.4 is 16.2 Å². The number of nitrogens with two attached hydrogens (primary N) is 1. The molecule has 0 bridgehead atoms. The minimum Gasteiger partial charge on any atom is -0.477 e. The molecule has 0 fully saturated rings. The highest BCUT2D eigenvalue weighted by Gasteiger charge is 2.38. The number of rotatable bonds is 8. The Bertz CT molecular complexity index is 978. The molecule has 2 rings (SSSR count). The van der Waals surface area contributed by atoms with E-state index in [1.165, 1.54) is 6.20 Å². The van der Waals surface area contributed by atoms with Crippen molar-refractivity contribution < 1.29 is 37.7 Å². The highest BCUT2D eigenvalue weighted by atomic mass is 32.2. The van der Waals surface area contributed by atoms with Gasteiger partial charge in [0.25, 0.3) is 0 Å². The Balaban J connectivity index is 0.000000592. The maximum Gasteiger partial charge on any atom is 0.490 e. The second-order valence-electron chi connectivity index (χ2n) is 6.10. The quantitative estimate of drug-likeness (QED) is 0.392. The van der Waals surface area contributed by atoms with Gasteiger partial charge in [-0.15, -0.1) is 11.8 Å². The number of halogens is 3. The number of benzene rings is 1. The van der Waals surface area contributed by atoms with Gasteiger partial charge >= 0.3 is 18.1 Å². The van der Waals surface area contributed by atoms with Gasteiger partial charge in [-0.2, -0.15) is 13.2 Å². The third kappa shape index (κ3) is 7.77. The fourth-order valence-corrected chi connectivity index (χ4v) is 3.07. The largest absolute Gasteiger partial charge is 0.490 e. The van der Waals surface area contributed by atoms with Crippen LogP contribution in [0.2, 0.25) is 0 Å². The Morgan fingerprint density at radius 1 is 1.23 bits per heavy atom. The lowest BCUT2D eigenvalue weighted by Crippen LogP contribution is -2.29. The Hall–Kier alpha value is -2.77. The number of aliphatic carboxylic acids is 1. The molecular formula is C18H22F3N3O6S. The predicted molar refractivity (Wildman–Crippen MR) is 110 cm³/mol. The molecule has 4 N–H and O–H groups in total. The van der Waals surface area contributed by atoms with E-state index in [2.05, 4.69) is 0 Å². The van der Waals surface area contributed by atoms with Crippen molar-refractivity contribution in [2.45, 2.75) is 11.1 Å². The normalized spacial score (nSPS) is 11.0. The maximum atomic E-state index is 12.5. The Kier molecular flexibility index (Phi) is 9.81. The van der Waals surface area contributed by atoms with Crippen molar-refractivity contribution in [1.29, 1.82) is 0 Å². The van der Waals surface area contributed by atoms with Gasteiger partial charge in [-0.05, 0) is 18.2 Å². The molecule has 31 heavy (non-hydrogen) atoms. The number of carboxylic acid groups (broad SMARTS) is 2. The van der Waals surface area contributed by atoms with Crippen LogP contribution in [0.25, 0.3) is 10.9 Å². The lowest BCUT2D eigenvalue weighted by atomic mass is 10.1. The zero-order valence-electron chi connectivity index (χ0n) is 16.7. The molecule has 0 aliphatic carbocycles. The number of thioether (sulfide) groups is 1. The van der Waals surface area contributed by atoms with Gasteiger partial charge in [-0.3, -0.25) is 9.47 Å². The highest BCUT2D eigenvalue weighted by Crippen LogP contribution is 2.22. The van der Waals surface area contributed by atoms with Crippen molar-refractivity contribution in [3.63, 3.8) is 0 Å². The molecule has 0 aliphatic rings. The second-order valence-corrected chi connectivity index (χ2v) is 7.27. The van der Waals surface area contributed by atoms with Crippen LogP contribution in [0.3, 0.4) is 0 Å². The number of alkyl halides is 3. The van der Waals surface area contributed by atoms with Gasteiger partial charge < -0.3 is 25.7 Å². The van der Waals surface area contributed by atoms with E-state index in [-0.39, 0.29) is 5.56 Å². The summed E-state index contributed by atoms with van der Waals surface area (Å²) in [7, 11) is 3.57. The van der Waals surface area contributed by atoms with Crippen molar-refractivity contribution in [1.82, 2.24) is 4.68 Å². The van der Waals surface area contributed by atoms with Gasteiger partial charge in [0.15, 0.2) is 0 Å². The molecule has 0 amide bonds. The molecule has 0 radical (unpaired) electrons. The molecule has 0 unspecified atom stereocenters. The summed E-state index contributed by atoms with van der Waals surface area (Å²) in [5.41, 5.74) is 5.30. The van der Waals surface area contributed by atoms with E-state index in [9.17, 15) is 27.9 Å². The topological polar surface area (TPSA) is 135 Å². The van der Waals surface area contributed by atoms with E-state index in [0.717, 1.165) is 10.6 Å².